The number of fused-ring (bicyclic) bond motifs is 4. The Morgan fingerprint density at radius 1 is 1.10 bits per heavy atom. The Hall–Kier alpha value is -4.33. The first-order valence-electron chi connectivity index (χ1n) is 9.65. The normalized spacial score (nSPS) is 14.7. The summed E-state index contributed by atoms with van der Waals surface area (Å²) in [6.45, 7) is 0. The second-order valence-electron chi connectivity index (χ2n) is 7.17. The number of rotatable bonds is 3. The molecule has 5 aromatic rings. The average Bonchev–Trinajstić information content (AvgIpc) is 3.47. The summed E-state index contributed by atoms with van der Waals surface area (Å²) in [6.07, 6.45) is 3.20. The van der Waals surface area contributed by atoms with Crippen molar-refractivity contribution >= 4 is 5.65 Å². The molecule has 3 aromatic heterocycles. The van der Waals surface area contributed by atoms with Gasteiger partial charge in [-0.3, -0.25) is 0 Å². The zero-order valence-corrected chi connectivity index (χ0v) is 16.4. The van der Waals surface area contributed by atoms with Crippen molar-refractivity contribution in [2.75, 3.05) is 7.11 Å². The monoisotopic (exact) mass is 412 g/mol. The number of benzene rings is 2. The first kappa shape index (κ1) is 17.5. The van der Waals surface area contributed by atoms with Crippen molar-refractivity contribution in [2.45, 2.75) is 5.92 Å². The quantitative estimate of drug-likeness (QED) is 0.461. The molecule has 4 heterocycles. The lowest BCUT2D eigenvalue weighted by atomic mass is 9.87. The Morgan fingerprint density at radius 2 is 1.97 bits per heavy atom. The molecule has 2 aromatic carbocycles. The van der Waals surface area contributed by atoms with E-state index in [9.17, 15) is 5.11 Å². The predicted octanol–water partition coefficient (Wildman–Crippen LogP) is 4.38. The zero-order valence-electron chi connectivity index (χ0n) is 16.4. The lowest BCUT2D eigenvalue weighted by Crippen LogP contribution is -2.14. The van der Waals surface area contributed by atoms with Crippen LogP contribution in [-0.2, 0) is 0 Å². The van der Waals surface area contributed by atoms with Gasteiger partial charge in [0.1, 0.15) is 29.3 Å². The van der Waals surface area contributed by atoms with Gasteiger partial charge in [0.25, 0.3) is 0 Å². The van der Waals surface area contributed by atoms with Gasteiger partial charge in [0.05, 0.1) is 24.9 Å². The van der Waals surface area contributed by atoms with Crippen LogP contribution in [0, 0.1) is 0 Å². The van der Waals surface area contributed by atoms with Crippen LogP contribution in [0.2, 0.25) is 0 Å². The third kappa shape index (κ3) is 2.72. The van der Waals surface area contributed by atoms with Crippen molar-refractivity contribution in [3.05, 3.63) is 84.1 Å². The molecule has 0 spiro atoms. The van der Waals surface area contributed by atoms with E-state index >= 15 is 0 Å². The molecule has 0 unspecified atom stereocenters. The Balaban J connectivity index is 1.57. The predicted molar refractivity (Wildman–Crippen MR) is 111 cm³/mol. The van der Waals surface area contributed by atoms with Gasteiger partial charge in [0.2, 0.25) is 5.88 Å². The number of ether oxygens (including phenoxy) is 2. The largest absolute Gasteiger partial charge is 0.508 e. The highest BCUT2D eigenvalue weighted by molar-refractivity contribution is 5.68. The Kier molecular flexibility index (Phi) is 3.73. The molecule has 0 fully saturated rings. The van der Waals surface area contributed by atoms with E-state index in [0.29, 0.717) is 23.1 Å². The molecule has 152 valence electrons. The van der Waals surface area contributed by atoms with Gasteiger partial charge in [-0.1, -0.05) is 6.07 Å². The molecule has 0 bridgehead atoms. The van der Waals surface area contributed by atoms with E-state index in [-0.39, 0.29) is 11.7 Å². The SMILES string of the molecule is COc1ccc(-c2nc3c4c(ncn3n2)Oc2cc(O)ccc2[C@@H]4c2ccco2)cc1. The number of hydrogen-bond donors (Lipinski definition) is 1. The summed E-state index contributed by atoms with van der Waals surface area (Å²) in [5.41, 5.74) is 3.08. The number of aromatic hydroxyl groups is 1. The van der Waals surface area contributed by atoms with E-state index in [1.165, 1.54) is 0 Å². The van der Waals surface area contributed by atoms with E-state index in [1.54, 1.807) is 36.3 Å². The minimum Gasteiger partial charge on any atom is -0.508 e. The fourth-order valence-corrected chi connectivity index (χ4v) is 3.92. The molecular formula is C23H16N4O4. The molecular weight excluding hydrogens is 396 g/mol. The molecule has 0 radical (unpaired) electrons. The maximum absolute atomic E-state index is 9.93. The Labute approximate surface area is 176 Å². The number of aromatic nitrogens is 4. The van der Waals surface area contributed by atoms with E-state index in [2.05, 4.69) is 10.1 Å². The van der Waals surface area contributed by atoms with Crippen LogP contribution in [0.3, 0.4) is 0 Å². The van der Waals surface area contributed by atoms with Gasteiger partial charge in [0, 0.05) is 17.2 Å². The first-order chi connectivity index (χ1) is 15.2. The van der Waals surface area contributed by atoms with Gasteiger partial charge in [0.15, 0.2) is 11.5 Å². The third-order valence-corrected chi connectivity index (χ3v) is 5.37. The van der Waals surface area contributed by atoms with Crippen LogP contribution >= 0.6 is 0 Å². The molecule has 1 aliphatic rings. The van der Waals surface area contributed by atoms with Gasteiger partial charge < -0.3 is 19.0 Å². The van der Waals surface area contributed by atoms with E-state index in [1.807, 2.05) is 42.5 Å². The molecule has 6 rings (SSSR count). The van der Waals surface area contributed by atoms with Crippen LogP contribution in [0.4, 0.5) is 0 Å². The third-order valence-electron chi connectivity index (χ3n) is 5.37. The summed E-state index contributed by atoms with van der Waals surface area (Å²) in [4.78, 5) is 9.27. The smallest absolute Gasteiger partial charge is 0.228 e. The highest BCUT2D eigenvalue weighted by Gasteiger charge is 2.35. The molecule has 31 heavy (non-hydrogen) atoms. The molecule has 0 saturated carbocycles. The van der Waals surface area contributed by atoms with Crippen molar-refractivity contribution in [1.29, 1.82) is 0 Å². The van der Waals surface area contributed by atoms with E-state index in [0.717, 1.165) is 28.2 Å². The molecule has 1 N–H and O–H groups in total. The molecule has 0 aliphatic carbocycles. The van der Waals surface area contributed by atoms with E-state index in [4.69, 9.17) is 18.9 Å². The fourth-order valence-electron chi connectivity index (χ4n) is 3.92. The molecule has 1 atom stereocenters. The van der Waals surface area contributed by atoms with Crippen molar-refractivity contribution in [3.63, 3.8) is 0 Å². The Bertz CT molecular complexity index is 1410. The van der Waals surface area contributed by atoms with Crippen molar-refractivity contribution in [2.24, 2.45) is 0 Å². The highest BCUT2D eigenvalue weighted by atomic mass is 16.5. The van der Waals surface area contributed by atoms with Crippen LogP contribution in [0.5, 0.6) is 23.1 Å². The van der Waals surface area contributed by atoms with Crippen molar-refractivity contribution < 1.29 is 19.0 Å². The summed E-state index contributed by atoms with van der Waals surface area (Å²) in [5, 5.41) is 14.5. The second-order valence-corrected chi connectivity index (χ2v) is 7.17. The minimum absolute atomic E-state index is 0.116. The number of phenolic OH excluding ortho intramolecular Hbond substituents is 1. The number of hydrogen-bond acceptors (Lipinski definition) is 7. The van der Waals surface area contributed by atoms with Crippen molar-refractivity contribution in [3.8, 4) is 34.5 Å². The molecule has 0 amide bonds. The fraction of sp³-hybridized carbons (Fsp3) is 0.0870. The molecule has 8 nitrogen and oxygen atoms in total. The summed E-state index contributed by atoms with van der Waals surface area (Å²) < 4.78 is 18.7. The molecule has 1 aliphatic heterocycles. The lowest BCUT2D eigenvalue weighted by Gasteiger charge is -2.26. The van der Waals surface area contributed by atoms with Gasteiger partial charge in [-0.15, -0.1) is 5.10 Å². The highest BCUT2D eigenvalue weighted by Crippen LogP contribution is 2.48. The zero-order chi connectivity index (χ0) is 20.9. The van der Waals surface area contributed by atoms with Crippen LogP contribution in [-0.4, -0.2) is 31.8 Å². The average molecular weight is 412 g/mol. The number of phenols is 1. The van der Waals surface area contributed by atoms with Crippen LogP contribution < -0.4 is 9.47 Å². The standard InChI is InChI=1S/C23H16N4O4/c1-29-15-7-4-13(5-8-15)21-25-22-20-19(17-3-2-10-30-17)16-9-6-14(28)11-18(16)31-23(20)24-12-27(22)26-21/h2-12,19,28H,1H3/t19-/m1/s1. The summed E-state index contributed by atoms with van der Waals surface area (Å²) in [6, 6.07) is 16.3. The van der Waals surface area contributed by atoms with Gasteiger partial charge in [-0.05, 0) is 42.5 Å². The number of furan rings is 1. The lowest BCUT2D eigenvalue weighted by molar-refractivity contribution is 0.409. The van der Waals surface area contributed by atoms with Gasteiger partial charge >= 0.3 is 0 Å². The maximum Gasteiger partial charge on any atom is 0.228 e. The molecule has 0 saturated heterocycles. The van der Waals surface area contributed by atoms with Crippen molar-refractivity contribution in [1.82, 2.24) is 19.6 Å². The summed E-state index contributed by atoms with van der Waals surface area (Å²) in [5.74, 6) is 2.79. The van der Waals surface area contributed by atoms with Crippen LogP contribution in [0.1, 0.15) is 22.8 Å². The van der Waals surface area contributed by atoms with Crippen LogP contribution in [0.25, 0.3) is 17.0 Å². The summed E-state index contributed by atoms with van der Waals surface area (Å²) in [7, 11) is 1.63. The van der Waals surface area contributed by atoms with Crippen LogP contribution in [0.15, 0.2) is 71.6 Å². The van der Waals surface area contributed by atoms with Gasteiger partial charge in [-0.2, -0.15) is 0 Å². The van der Waals surface area contributed by atoms with E-state index < -0.39 is 0 Å². The maximum atomic E-state index is 9.93. The second kappa shape index (κ2) is 6.60. The van der Waals surface area contributed by atoms with Gasteiger partial charge in [-0.25, -0.2) is 14.5 Å². The Morgan fingerprint density at radius 3 is 2.74 bits per heavy atom. The number of nitrogens with zero attached hydrogens (tertiary/aromatic N) is 4. The topological polar surface area (TPSA) is 94.9 Å². The number of methoxy groups -OCH3 is 1. The summed E-state index contributed by atoms with van der Waals surface area (Å²) >= 11 is 0. The molecule has 8 heteroatoms. The minimum atomic E-state index is -0.307. The first-order valence-corrected chi connectivity index (χ1v) is 9.65.